The summed E-state index contributed by atoms with van der Waals surface area (Å²) >= 11 is 6.57. The van der Waals surface area contributed by atoms with Crippen molar-refractivity contribution in [3.8, 4) is 11.5 Å². The number of phenolic OH excluding ortho intramolecular Hbond substituents is 2. The van der Waals surface area contributed by atoms with Crippen molar-refractivity contribution in [3.05, 3.63) is 56.0 Å². The maximum atomic E-state index is 10.3. The van der Waals surface area contributed by atoms with Crippen molar-refractivity contribution in [2.24, 2.45) is 0 Å². The Morgan fingerprint density at radius 1 is 0.952 bits per heavy atom. The summed E-state index contributed by atoms with van der Waals surface area (Å²) in [6, 6.07) is 8.33. The van der Waals surface area contributed by atoms with Crippen LogP contribution < -0.4 is 0 Å². The van der Waals surface area contributed by atoms with Crippen LogP contribution in [0.15, 0.2) is 39.3 Å². The Kier molecular flexibility index (Phi) is 8.29. The van der Waals surface area contributed by atoms with Crippen molar-refractivity contribution < 1.29 is 15.0 Å². The lowest BCUT2D eigenvalue weighted by atomic mass is 10.1. The molecule has 2 rings (SSSR count). The van der Waals surface area contributed by atoms with Gasteiger partial charge in [-0.2, -0.15) is 0 Å². The van der Waals surface area contributed by atoms with Crippen molar-refractivity contribution in [1.82, 2.24) is 0 Å². The summed E-state index contributed by atoms with van der Waals surface area (Å²) in [4.78, 5) is 10.3. The number of aryl methyl sites for hydroxylation is 2. The number of aromatic hydroxyl groups is 2. The van der Waals surface area contributed by atoms with E-state index in [4.69, 9.17) is 10.2 Å². The van der Waals surface area contributed by atoms with Crippen LogP contribution in [-0.4, -0.2) is 16.5 Å². The molecular weight excluding hydrogens is 400 g/mol. The molecule has 114 valence electrons. The third-order valence-corrected chi connectivity index (χ3v) is 4.32. The maximum absolute atomic E-state index is 10.3. The first-order valence-corrected chi connectivity index (χ1v) is 7.33. The van der Waals surface area contributed by atoms with Crippen LogP contribution in [0.25, 0.3) is 0 Å². The van der Waals surface area contributed by atoms with Crippen molar-refractivity contribution in [2.45, 2.75) is 21.3 Å². The lowest BCUT2D eigenvalue weighted by Gasteiger charge is -2.00. The molecule has 2 aromatic carbocycles. The highest BCUT2D eigenvalue weighted by atomic mass is 79.9. The zero-order valence-corrected chi connectivity index (χ0v) is 14.2. The number of carbonyl (C=O) groups is 1. The molecule has 0 saturated heterocycles. The molecule has 21 heavy (non-hydrogen) atoms. The second-order valence-corrected chi connectivity index (χ2v) is 5.92. The smallest absolute Gasteiger partial charge is 0.153 e. The van der Waals surface area contributed by atoms with Crippen molar-refractivity contribution >= 4 is 38.1 Å². The van der Waals surface area contributed by atoms with E-state index in [0.717, 1.165) is 20.1 Å². The van der Waals surface area contributed by atoms with E-state index in [1.54, 1.807) is 24.3 Å². The first-order valence-electron chi connectivity index (χ1n) is 5.74. The number of carbonyl (C=O) groups excluding carboxylic acids is 1. The Morgan fingerprint density at radius 3 is 2.00 bits per heavy atom. The molecule has 0 radical (unpaired) electrons. The molecule has 0 unspecified atom stereocenters. The van der Waals surface area contributed by atoms with Crippen molar-refractivity contribution in [2.75, 3.05) is 0 Å². The lowest BCUT2D eigenvalue weighted by molar-refractivity contribution is 0.112. The van der Waals surface area contributed by atoms with Crippen LogP contribution in [0.4, 0.5) is 0 Å². The van der Waals surface area contributed by atoms with Crippen molar-refractivity contribution in [3.63, 3.8) is 0 Å². The van der Waals surface area contributed by atoms with Gasteiger partial charge in [-0.15, -0.1) is 0 Å². The summed E-state index contributed by atoms with van der Waals surface area (Å²) in [5, 5.41) is 18.1. The highest BCUT2D eigenvalue weighted by molar-refractivity contribution is 9.10. The van der Waals surface area contributed by atoms with Crippen LogP contribution in [0.5, 0.6) is 11.5 Å². The predicted octanol–water partition coefficient (Wildman–Crippen LogP) is 5.37. The first kappa shape index (κ1) is 19.7. The minimum atomic E-state index is 0. The largest absolute Gasteiger partial charge is 0.508 e. The molecule has 0 aromatic heterocycles. The molecule has 2 N–H and O–H groups in total. The number of halogens is 2. The molecule has 0 bridgehead atoms. The Morgan fingerprint density at radius 2 is 1.52 bits per heavy atom. The minimum Gasteiger partial charge on any atom is -0.508 e. The van der Waals surface area contributed by atoms with Crippen LogP contribution in [-0.2, 0) is 0 Å². The summed E-state index contributed by atoms with van der Waals surface area (Å²) < 4.78 is 1.86. The monoisotopic (exact) mass is 416 g/mol. The summed E-state index contributed by atoms with van der Waals surface area (Å²) in [5.41, 5.74) is 2.27. The molecule has 0 amide bonds. The minimum absolute atomic E-state index is 0. The van der Waals surface area contributed by atoms with E-state index >= 15 is 0 Å². The maximum Gasteiger partial charge on any atom is 0.153 e. The number of aldehydes is 1. The molecule has 0 fully saturated rings. The summed E-state index contributed by atoms with van der Waals surface area (Å²) in [6.45, 7) is 3.78. The Balaban J connectivity index is 0.000000370. The molecule has 0 aliphatic carbocycles. The fourth-order valence-corrected chi connectivity index (χ4v) is 2.01. The number of hydrogen-bond acceptors (Lipinski definition) is 3. The zero-order valence-electron chi connectivity index (χ0n) is 11.0. The molecule has 5 heteroatoms. The van der Waals surface area contributed by atoms with E-state index in [-0.39, 0.29) is 13.2 Å². The van der Waals surface area contributed by atoms with Crippen LogP contribution in [0.2, 0.25) is 0 Å². The molecule has 3 nitrogen and oxygen atoms in total. The Bertz CT molecular complexity index is 625. The van der Waals surface area contributed by atoms with Crippen LogP contribution >= 0.6 is 31.9 Å². The lowest BCUT2D eigenvalue weighted by Crippen LogP contribution is -1.83. The van der Waals surface area contributed by atoms with E-state index in [9.17, 15) is 4.79 Å². The van der Waals surface area contributed by atoms with Gasteiger partial charge in [-0.3, -0.25) is 4.79 Å². The average Bonchev–Trinajstić information content (AvgIpc) is 2.39. The molecule has 0 heterocycles. The molecule has 0 aliphatic heterocycles. The first-order chi connectivity index (χ1) is 9.35. The average molecular weight is 418 g/mol. The molecule has 2 aromatic rings. The number of phenols is 2. The summed E-state index contributed by atoms with van der Waals surface area (Å²) in [5.74, 6) is 0.344. The molecule has 0 saturated carbocycles. The van der Waals surface area contributed by atoms with Gasteiger partial charge in [0.1, 0.15) is 11.5 Å². The SMILES string of the molecule is C.Cc1cc(O)c(C=O)cc1Br.Cc1cc(O)ccc1Br. The third kappa shape index (κ3) is 5.89. The normalized spacial score (nSPS) is 9.14. The van der Waals surface area contributed by atoms with Gasteiger partial charge in [0.05, 0.1) is 5.56 Å². The van der Waals surface area contributed by atoms with Gasteiger partial charge < -0.3 is 10.2 Å². The molecule has 0 spiro atoms. The second kappa shape index (κ2) is 8.85. The highest BCUT2D eigenvalue weighted by Crippen LogP contribution is 2.24. The molecule has 0 atom stereocenters. The molecule has 0 aliphatic rings. The third-order valence-electron chi connectivity index (χ3n) is 2.58. The van der Waals surface area contributed by atoms with Crippen LogP contribution in [0, 0.1) is 13.8 Å². The van der Waals surface area contributed by atoms with Crippen LogP contribution in [0.1, 0.15) is 28.9 Å². The summed E-state index contributed by atoms with van der Waals surface area (Å²) in [7, 11) is 0. The fourth-order valence-electron chi connectivity index (χ4n) is 1.40. The highest BCUT2D eigenvalue weighted by Gasteiger charge is 2.02. The van der Waals surface area contributed by atoms with Gasteiger partial charge in [-0.25, -0.2) is 0 Å². The number of benzene rings is 2. The predicted molar refractivity (Wildman–Crippen MR) is 93.2 cm³/mol. The van der Waals surface area contributed by atoms with E-state index < -0.39 is 0 Å². The summed E-state index contributed by atoms with van der Waals surface area (Å²) in [6.07, 6.45) is 0.625. The van der Waals surface area contributed by atoms with Gasteiger partial charge in [-0.1, -0.05) is 39.3 Å². The quantitative estimate of drug-likeness (QED) is 0.612. The second-order valence-electron chi connectivity index (χ2n) is 4.21. The zero-order chi connectivity index (χ0) is 15.3. The van der Waals surface area contributed by atoms with Crippen molar-refractivity contribution in [1.29, 1.82) is 0 Å². The van der Waals surface area contributed by atoms with E-state index in [2.05, 4.69) is 31.9 Å². The van der Waals surface area contributed by atoms with E-state index in [0.29, 0.717) is 17.6 Å². The van der Waals surface area contributed by atoms with Gasteiger partial charge >= 0.3 is 0 Å². The number of rotatable bonds is 1. The van der Waals surface area contributed by atoms with Gasteiger partial charge in [0, 0.05) is 8.95 Å². The van der Waals surface area contributed by atoms with Gasteiger partial charge in [0.15, 0.2) is 6.29 Å². The van der Waals surface area contributed by atoms with Crippen LogP contribution in [0.3, 0.4) is 0 Å². The standard InChI is InChI=1S/C8H7BrO2.C7H7BrO.CH4/c1-5-2-8(11)6(4-10)3-7(5)9;1-5-4-6(9)2-3-7(5)8;/h2-4,11H,1H3;2-4,9H,1H3;1H4. The van der Waals surface area contributed by atoms with Gasteiger partial charge in [0.25, 0.3) is 0 Å². The Labute approximate surface area is 141 Å². The van der Waals surface area contributed by atoms with E-state index in [1.165, 1.54) is 0 Å². The number of hydrogen-bond donors (Lipinski definition) is 2. The fraction of sp³-hybridized carbons (Fsp3) is 0.188. The van der Waals surface area contributed by atoms with Gasteiger partial charge in [-0.05, 0) is 55.3 Å². The topological polar surface area (TPSA) is 57.5 Å². The van der Waals surface area contributed by atoms with E-state index in [1.807, 2.05) is 19.9 Å². The Hall–Kier alpha value is -1.33. The van der Waals surface area contributed by atoms with Gasteiger partial charge in [0.2, 0.25) is 0 Å². The molecular formula is C16H18Br2O3.